The van der Waals surface area contributed by atoms with Gasteiger partial charge in [-0.2, -0.15) is 9.78 Å². The van der Waals surface area contributed by atoms with Gasteiger partial charge in [0.15, 0.2) is 11.4 Å². The third kappa shape index (κ3) is 6.33. The summed E-state index contributed by atoms with van der Waals surface area (Å²) in [6, 6.07) is 21.3. The number of hydrogen-bond donors (Lipinski definition) is 2. The van der Waals surface area contributed by atoms with Crippen molar-refractivity contribution in [2.24, 2.45) is 0 Å². The Bertz CT molecular complexity index is 1420. The number of rotatable bonds is 10. The molecular formula is C28H28N4O5. The second kappa shape index (κ2) is 11.9. The van der Waals surface area contributed by atoms with Crippen molar-refractivity contribution in [1.82, 2.24) is 15.1 Å². The maximum absolute atomic E-state index is 13.6. The summed E-state index contributed by atoms with van der Waals surface area (Å²) in [5, 5.41) is 10.3. The van der Waals surface area contributed by atoms with Gasteiger partial charge in [0.05, 0.1) is 25.6 Å². The Morgan fingerprint density at radius 2 is 1.73 bits per heavy atom. The first-order valence-electron chi connectivity index (χ1n) is 11.6. The molecule has 1 amide bonds. The van der Waals surface area contributed by atoms with Crippen molar-refractivity contribution in [3.8, 4) is 22.9 Å². The van der Waals surface area contributed by atoms with Crippen LogP contribution in [-0.2, 0) is 4.74 Å². The van der Waals surface area contributed by atoms with E-state index in [4.69, 9.17) is 14.2 Å². The highest BCUT2D eigenvalue weighted by atomic mass is 16.5. The molecule has 1 aromatic heterocycles. The van der Waals surface area contributed by atoms with Crippen molar-refractivity contribution < 1.29 is 19.0 Å². The Balaban J connectivity index is 1.67. The van der Waals surface area contributed by atoms with Crippen LogP contribution in [-0.4, -0.2) is 43.1 Å². The number of nitrogens with zero attached hydrogens (tertiary/aromatic N) is 2. The lowest BCUT2D eigenvalue weighted by atomic mass is 10.2. The van der Waals surface area contributed by atoms with Gasteiger partial charge in [-0.25, -0.2) is 0 Å². The highest BCUT2D eigenvalue weighted by molar-refractivity contribution is 5.94. The van der Waals surface area contributed by atoms with Gasteiger partial charge in [-0.3, -0.25) is 9.59 Å². The second-order valence-electron chi connectivity index (χ2n) is 8.17. The topological polar surface area (TPSA) is 104 Å². The fraction of sp³-hybridized carbons (Fsp3) is 0.179. The molecule has 0 saturated heterocycles. The highest BCUT2D eigenvalue weighted by Gasteiger charge is 2.16. The molecule has 0 radical (unpaired) electrons. The molecule has 0 aliphatic heterocycles. The molecular weight excluding hydrogens is 472 g/mol. The summed E-state index contributed by atoms with van der Waals surface area (Å²) in [6.07, 6.45) is 1.49. The van der Waals surface area contributed by atoms with Crippen LogP contribution in [0.1, 0.15) is 15.9 Å². The van der Waals surface area contributed by atoms with E-state index in [1.807, 2.05) is 31.2 Å². The summed E-state index contributed by atoms with van der Waals surface area (Å²) >= 11 is 0. The summed E-state index contributed by atoms with van der Waals surface area (Å²) in [5.74, 6) is 1.30. The standard InChI is InChI=1S/C28H28N4O5/c1-19-5-4-6-24(17-19)37-25-18-30-32(22-11-13-23(36-3)14-12-22)28(34)26(25)31-21-9-7-20(8-10-21)27(33)29-15-16-35-2/h4-14,17-18,31H,15-16H2,1-3H3,(H,29,33). The summed E-state index contributed by atoms with van der Waals surface area (Å²) in [6.45, 7) is 2.80. The lowest BCUT2D eigenvalue weighted by Crippen LogP contribution is -2.26. The average Bonchev–Trinajstić information content (AvgIpc) is 2.91. The van der Waals surface area contributed by atoms with E-state index in [1.165, 1.54) is 10.9 Å². The average molecular weight is 501 g/mol. The Hall–Kier alpha value is -4.63. The number of carbonyl (C=O) groups excluding carboxylic acids is 1. The van der Waals surface area contributed by atoms with E-state index in [9.17, 15) is 9.59 Å². The molecule has 2 N–H and O–H groups in total. The van der Waals surface area contributed by atoms with Gasteiger partial charge >= 0.3 is 0 Å². The molecule has 0 spiro atoms. The van der Waals surface area contributed by atoms with Crippen molar-refractivity contribution in [3.05, 3.63) is 100 Å². The molecule has 4 rings (SSSR count). The first kappa shape index (κ1) is 25.5. The van der Waals surface area contributed by atoms with Crippen LogP contribution in [0, 0.1) is 6.92 Å². The Kier molecular flexibility index (Phi) is 8.17. The Labute approximate surface area is 214 Å². The van der Waals surface area contributed by atoms with Crippen molar-refractivity contribution in [2.75, 3.05) is 32.7 Å². The SMILES string of the molecule is COCCNC(=O)c1ccc(Nc2c(Oc3cccc(C)c3)cnn(-c3ccc(OC)cc3)c2=O)cc1. The number of nitrogens with one attached hydrogen (secondary N) is 2. The molecule has 0 aliphatic rings. The van der Waals surface area contributed by atoms with Gasteiger partial charge in [-0.05, 0) is 73.2 Å². The van der Waals surface area contributed by atoms with Crippen LogP contribution in [0.15, 0.2) is 83.8 Å². The van der Waals surface area contributed by atoms with Crippen LogP contribution in [0.3, 0.4) is 0 Å². The molecule has 190 valence electrons. The van der Waals surface area contributed by atoms with E-state index >= 15 is 0 Å². The van der Waals surface area contributed by atoms with E-state index in [0.717, 1.165) is 5.56 Å². The van der Waals surface area contributed by atoms with E-state index in [2.05, 4.69) is 15.7 Å². The lowest BCUT2D eigenvalue weighted by Gasteiger charge is -2.15. The van der Waals surface area contributed by atoms with E-state index in [0.29, 0.717) is 41.6 Å². The largest absolute Gasteiger partial charge is 0.497 e. The number of benzene rings is 3. The first-order valence-corrected chi connectivity index (χ1v) is 11.6. The number of anilines is 2. The predicted octanol–water partition coefficient (Wildman–Crippen LogP) is 4.46. The normalized spacial score (nSPS) is 10.6. The summed E-state index contributed by atoms with van der Waals surface area (Å²) in [7, 11) is 3.15. The molecule has 9 nitrogen and oxygen atoms in total. The number of carbonyl (C=O) groups is 1. The molecule has 0 atom stereocenters. The monoisotopic (exact) mass is 500 g/mol. The maximum atomic E-state index is 13.6. The molecule has 0 aliphatic carbocycles. The second-order valence-corrected chi connectivity index (χ2v) is 8.17. The number of methoxy groups -OCH3 is 2. The third-order valence-corrected chi connectivity index (χ3v) is 5.49. The van der Waals surface area contributed by atoms with Crippen LogP contribution in [0.25, 0.3) is 5.69 Å². The summed E-state index contributed by atoms with van der Waals surface area (Å²) < 4.78 is 17.5. The van der Waals surface area contributed by atoms with E-state index in [-0.39, 0.29) is 17.3 Å². The number of aryl methyl sites for hydroxylation is 1. The van der Waals surface area contributed by atoms with Crippen molar-refractivity contribution in [2.45, 2.75) is 6.92 Å². The lowest BCUT2D eigenvalue weighted by molar-refractivity contribution is 0.0937. The molecule has 0 bridgehead atoms. The summed E-state index contributed by atoms with van der Waals surface area (Å²) in [5.41, 5.74) is 2.47. The Morgan fingerprint density at radius 1 is 0.973 bits per heavy atom. The first-order chi connectivity index (χ1) is 18.0. The van der Waals surface area contributed by atoms with Crippen LogP contribution >= 0.6 is 0 Å². The minimum atomic E-state index is -0.406. The Morgan fingerprint density at radius 3 is 2.41 bits per heavy atom. The van der Waals surface area contributed by atoms with Crippen LogP contribution in [0.5, 0.6) is 17.2 Å². The van der Waals surface area contributed by atoms with Crippen LogP contribution in [0.2, 0.25) is 0 Å². The number of hydrogen-bond acceptors (Lipinski definition) is 7. The molecule has 9 heteroatoms. The summed E-state index contributed by atoms with van der Waals surface area (Å²) in [4.78, 5) is 25.9. The minimum Gasteiger partial charge on any atom is -0.497 e. The van der Waals surface area contributed by atoms with Crippen molar-refractivity contribution >= 4 is 17.3 Å². The molecule has 0 fully saturated rings. The van der Waals surface area contributed by atoms with E-state index < -0.39 is 5.56 Å². The van der Waals surface area contributed by atoms with Gasteiger partial charge in [-0.1, -0.05) is 12.1 Å². The molecule has 1 heterocycles. The minimum absolute atomic E-state index is 0.199. The maximum Gasteiger partial charge on any atom is 0.299 e. The smallest absolute Gasteiger partial charge is 0.299 e. The predicted molar refractivity (Wildman–Crippen MR) is 142 cm³/mol. The van der Waals surface area contributed by atoms with Gasteiger partial charge in [0, 0.05) is 24.9 Å². The van der Waals surface area contributed by atoms with Gasteiger partial charge < -0.3 is 24.8 Å². The number of amides is 1. The fourth-order valence-corrected chi connectivity index (χ4v) is 3.56. The quantitative estimate of drug-likeness (QED) is 0.310. The third-order valence-electron chi connectivity index (χ3n) is 5.49. The molecule has 4 aromatic rings. The number of ether oxygens (including phenoxy) is 3. The van der Waals surface area contributed by atoms with Gasteiger partial charge in [-0.15, -0.1) is 0 Å². The molecule has 0 saturated carbocycles. The highest BCUT2D eigenvalue weighted by Crippen LogP contribution is 2.29. The van der Waals surface area contributed by atoms with Gasteiger partial charge in [0.25, 0.3) is 11.5 Å². The van der Waals surface area contributed by atoms with Gasteiger partial charge in [0.1, 0.15) is 11.5 Å². The zero-order valence-electron chi connectivity index (χ0n) is 20.9. The van der Waals surface area contributed by atoms with Gasteiger partial charge in [0.2, 0.25) is 0 Å². The zero-order valence-corrected chi connectivity index (χ0v) is 20.9. The number of aromatic nitrogens is 2. The molecule has 3 aromatic carbocycles. The molecule has 0 unspecified atom stereocenters. The van der Waals surface area contributed by atoms with Crippen molar-refractivity contribution in [1.29, 1.82) is 0 Å². The van der Waals surface area contributed by atoms with Crippen molar-refractivity contribution in [3.63, 3.8) is 0 Å². The fourth-order valence-electron chi connectivity index (χ4n) is 3.56. The van der Waals surface area contributed by atoms with Crippen LogP contribution in [0.4, 0.5) is 11.4 Å². The van der Waals surface area contributed by atoms with Crippen LogP contribution < -0.4 is 25.7 Å². The molecule has 37 heavy (non-hydrogen) atoms. The zero-order chi connectivity index (χ0) is 26.2. The van der Waals surface area contributed by atoms with E-state index in [1.54, 1.807) is 62.8 Å².